The Balaban J connectivity index is 1.35. The molecular weight excluding hydrogens is 382 g/mol. The van der Waals surface area contributed by atoms with Gasteiger partial charge in [0.25, 0.3) is 0 Å². The molecule has 0 aliphatic carbocycles. The van der Waals surface area contributed by atoms with Crippen LogP contribution in [0.15, 0.2) is 4.99 Å². The van der Waals surface area contributed by atoms with Crippen LogP contribution in [-0.4, -0.2) is 95.7 Å². The maximum Gasteiger partial charge on any atom is 0.194 e. The molecule has 9 nitrogen and oxygen atoms in total. The summed E-state index contributed by atoms with van der Waals surface area (Å²) in [6.45, 7) is 11.3. The second-order valence-corrected chi connectivity index (χ2v) is 8.64. The molecule has 0 spiro atoms. The Morgan fingerprint density at radius 3 is 2.83 bits per heavy atom. The van der Waals surface area contributed by atoms with Crippen molar-refractivity contribution in [2.45, 2.75) is 45.3 Å². The lowest BCUT2D eigenvalue weighted by Gasteiger charge is -2.42. The van der Waals surface area contributed by atoms with Crippen molar-refractivity contribution in [3.63, 3.8) is 0 Å². The summed E-state index contributed by atoms with van der Waals surface area (Å²) in [4.78, 5) is 9.85. The molecule has 3 aliphatic rings. The fourth-order valence-electron chi connectivity index (χ4n) is 4.61. The number of aryl methyl sites for hydroxylation is 1. The molecule has 4 rings (SSSR count). The molecule has 30 heavy (non-hydrogen) atoms. The van der Waals surface area contributed by atoms with Gasteiger partial charge in [0, 0.05) is 52.3 Å². The zero-order valence-corrected chi connectivity index (χ0v) is 18.6. The van der Waals surface area contributed by atoms with Gasteiger partial charge in [-0.05, 0) is 39.2 Å². The van der Waals surface area contributed by atoms with E-state index in [2.05, 4.69) is 25.3 Å². The molecule has 2 atom stereocenters. The smallest absolute Gasteiger partial charge is 0.194 e. The summed E-state index contributed by atoms with van der Waals surface area (Å²) in [5, 5.41) is 12.1. The van der Waals surface area contributed by atoms with Gasteiger partial charge < -0.3 is 24.3 Å². The number of rotatable bonds is 6. The average molecular weight is 420 g/mol. The molecule has 0 bridgehead atoms. The van der Waals surface area contributed by atoms with Gasteiger partial charge in [-0.3, -0.25) is 4.90 Å². The van der Waals surface area contributed by atoms with Crippen molar-refractivity contribution in [1.82, 2.24) is 29.9 Å². The molecular formula is C21H37N7O2. The summed E-state index contributed by atoms with van der Waals surface area (Å²) in [5.74, 6) is 3.43. The van der Waals surface area contributed by atoms with Gasteiger partial charge in [0.2, 0.25) is 0 Å². The van der Waals surface area contributed by atoms with E-state index in [-0.39, 0.29) is 0 Å². The largest absolute Gasteiger partial charge is 0.379 e. The summed E-state index contributed by atoms with van der Waals surface area (Å²) in [7, 11) is 2.00. The predicted octanol–water partition coefficient (Wildman–Crippen LogP) is 0.792. The lowest BCUT2D eigenvalue weighted by molar-refractivity contribution is -0.0559. The van der Waals surface area contributed by atoms with E-state index in [1.807, 2.05) is 18.5 Å². The van der Waals surface area contributed by atoms with E-state index in [0.29, 0.717) is 18.6 Å². The minimum absolute atomic E-state index is 0.430. The summed E-state index contributed by atoms with van der Waals surface area (Å²) in [6.07, 6.45) is 5.05. The van der Waals surface area contributed by atoms with E-state index in [9.17, 15) is 0 Å². The van der Waals surface area contributed by atoms with Gasteiger partial charge in [-0.25, -0.2) is 4.99 Å². The van der Waals surface area contributed by atoms with E-state index in [1.54, 1.807) is 0 Å². The number of morpholine rings is 1. The lowest BCUT2D eigenvalue weighted by atomic mass is 9.88. The second-order valence-electron chi connectivity index (χ2n) is 8.64. The topological polar surface area (TPSA) is 80.0 Å². The lowest BCUT2D eigenvalue weighted by Crippen LogP contribution is -2.52. The Bertz CT molecular complexity index is 702. The normalized spacial score (nSPS) is 25.9. The molecule has 2 unspecified atom stereocenters. The summed E-state index contributed by atoms with van der Waals surface area (Å²) < 4.78 is 13.5. The maximum atomic E-state index is 6.00. The van der Waals surface area contributed by atoms with Gasteiger partial charge in [0.1, 0.15) is 12.4 Å². The van der Waals surface area contributed by atoms with Crippen molar-refractivity contribution in [2.75, 3.05) is 59.1 Å². The SMILES string of the molecule is Cc1nnc(CN=C(NCCCN2CCOCC2)N2CCC3OCCCC3C2)n1C. The summed E-state index contributed by atoms with van der Waals surface area (Å²) >= 11 is 0. The zero-order valence-electron chi connectivity index (χ0n) is 18.6. The molecule has 3 fully saturated rings. The second kappa shape index (κ2) is 10.5. The number of nitrogens with zero attached hydrogens (tertiary/aromatic N) is 6. The van der Waals surface area contributed by atoms with Crippen LogP contribution in [0.4, 0.5) is 0 Å². The summed E-state index contributed by atoms with van der Waals surface area (Å²) in [6, 6.07) is 0. The third-order valence-corrected chi connectivity index (χ3v) is 6.61. The molecule has 1 aromatic rings. The molecule has 0 radical (unpaired) electrons. The van der Waals surface area contributed by atoms with Gasteiger partial charge in [-0.2, -0.15) is 0 Å². The van der Waals surface area contributed by atoms with Crippen molar-refractivity contribution in [3.8, 4) is 0 Å². The van der Waals surface area contributed by atoms with Crippen molar-refractivity contribution in [1.29, 1.82) is 0 Å². The van der Waals surface area contributed by atoms with E-state index in [0.717, 1.165) is 89.5 Å². The maximum absolute atomic E-state index is 6.00. The third kappa shape index (κ3) is 5.50. The minimum Gasteiger partial charge on any atom is -0.379 e. The van der Waals surface area contributed by atoms with Crippen LogP contribution in [0.2, 0.25) is 0 Å². The van der Waals surface area contributed by atoms with Gasteiger partial charge in [0.05, 0.1) is 19.3 Å². The van der Waals surface area contributed by atoms with E-state index >= 15 is 0 Å². The Morgan fingerprint density at radius 1 is 1.17 bits per heavy atom. The quantitative estimate of drug-likeness (QED) is 0.415. The number of piperidine rings is 1. The number of fused-ring (bicyclic) bond motifs is 1. The highest BCUT2D eigenvalue weighted by Gasteiger charge is 2.33. The van der Waals surface area contributed by atoms with Crippen LogP contribution >= 0.6 is 0 Å². The first-order valence-corrected chi connectivity index (χ1v) is 11.5. The Kier molecular flexibility index (Phi) is 7.57. The minimum atomic E-state index is 0.430. The Labute approximate surface area is 179 Å². The number of ether oxygens (including phenoxy) is 2. The van der Waals surface area contributed by atoms with E-state index in [1.165, 1.54) is 12.8 Å². The van der Waals surface area contributed by atoms with Crippen LogP contribution in [-0.2, 0) is 23.1 Å². The molecule has 0 saturated carbocycles. The van der Waals surface area contributed by atoms with Crippen molar-refractivity contribution in [3.05, 3.63) is 11.6 Å². The van der Waals surface area contributed by atoms with Crippen LogP contribution in [0.25, 0.3) is 0 Å². The average Bonchev–Trinajstić information content (AvgIpc) is 3.11. The highest BCUT2D eigenvalue weighted by molar-refractivity contribution is 5.80. The number of aromatic nitrogens is 3. The van der Waals surface area contributed by atoms with Crippen molar-refractivity contribution < 1.29 is 9.47 Å². The molecule has 168 valence electrons. The molecule has 0 amide bonds. The van der Waals surface area contributed by atoms with Crippen LogP contribution in [0, 0.1) is 12.8 Å². The molecule has 1 aromatic heterocycles. The zero-order chi connectivity index (χ0) is 20.8. The van der Waals surface area contributed by atoms with Crippen molar-refractivity contribution >= 4 is 5.96 Å². The first-order valence-electron chi connectivity index (χ1n) is 11.5. The monoisotopic (exact) mass is 419 g/mol. The number of nitrogens with one attached hydrogen (secondary N) is 1. The van der Waals surface area contributed by atoms with Gasteiger partial charge in [-0.15, -0.1) is 10.2 Å². The fraction of sp³-hybridized carbons (Fsp3) is 0.857. The van der Waals surface area contributed by atoms with Crippen LogP contribution < -0.4 is 5.32 Å². The highest BCUT2D eigenvalue weighted by Crippen LogP contribution is 2.28. The number of hydrogen-bond acceptors (Lipinski definition) is 6. The predicted molar refractivity (Wildman–Crippen MR) is 115 cm³/mol. The number of aliphatic imine (C=N–C) groups is 1. The molecule has 4 heterocycles. The molecule has 3 saturated heterocycles. The third-order valence-electron chi connectivity index (χ3n) is 6.61. The van der Waals surface area contributed by atoms with Crippen LogP contribution in [0.3, 0.4) is 0 Å². The van der Waals surface area contributed by atoms with Crippen LogP contribution in [0.1, 0.15) is 37.3 Å². The number of likely N-dealkylation sites (tertiary alicyclic amines) is 1. The van der Waals surface area contributed by atoms with E-state index < -0.39 is 0 Å². The van der Waals surface area contributed by atoms with E-state index in [4.69, 9.17) is 14.5 Å². The van der Waals surface area contributed by atoms with Crippen molar-refractivity contribution in [2.24, 2.45) is 18.0 Å². The van der Waals surface area contributed by atoms with Gasteiger partial charge in [-0.1, -0.05) is 0 Å². The van der Waals surface area contributed by atoms with Crippen LogP contribution in [0.5, 0.6) is 0 Å². The first kappa shape index (κ1) is 21.5. The Hall–Kier alpha value is -1.71. The molecule has 1 N–H and O–H groups in total. The number of hydrogen-bond donors (Lipinski definition) is 1. The molecule has 9 heteroatoms. The van der Waals surface area contributed by atoms with Gasteiger partial charge in [0.15, 0.2) is 11.8 Å². The fourth-order valence-corrected chi connectivity index (χ4v) is 4.61. The number of guanidine groups is 1. The highest BCUT2D eigenvalue weighted by atomic mass is 16.5. The summed E-state index contributed by atoms with van der Waals surface area (Å²) in [5.41, 5.74) is 0. The van der Waals surface area contributed by atoms with Gasteiger partial charge >= 0.3 is 0 Å². The first-order chi connectivity index (χ1) is 14.7. The Morgan fingerprint density at radius 2 is 2.03 bits per heavy atom. The standard InChI is InChI=1S/C21H37N7O2/c1-17-24-25-20(26(17)2)15-23-21(22-7-4-8-27-10-13-29-14-11-27)28-9-6-19-18(16-28)5-3-12-30-19/h18-19H,3-16H2,1-2H3,(H,22,23). The molecule has 3 aliphatic heterocycles. The molecule has 0 aromatic carbocycles.